The van der Waals surface area contributed by atoms with Crippen molar-refractivity contribution in [2.45, 2.75) is 38.3 Å². The average Bonchev–Trinajstić information content (AvgIpc) is 3.21. The minimum atomic E-state index is -0.347. The summed E-state index contributed by atoms with van der Waals surface area (Å²) in [6.45, 7) is 1.82. The summed E-state index contributed by atoms with van der Waals surface area (Å²) < 4.78 is 5.39. The second kappa shape index (κ2) is 9.83. The fourth-order valence-corrected chi connectivity index (χ4v) is 4.40. The Balaban J connectivity index is 1.41. The van der Waals surface area contributed by atoms with Crippen molar-refractivity contribution in [1.82, 2.24) is 10.6 Å². The van der Waals surface area contributed by atoms with Gasteiger partial charge >= 0.3 is 6.03 Å². The third-order valence-electron chi connectivity index (χ3n) is 4.76. The molecule has 2 heterocycles. The van der Waals surface area contributed by atoms with E-state index in [-0.39, 0.29) is 18.0 Å². The van der Waals surface area contributed by atoms with Gasteiger partial charge in [-0.2, -0.15) is 11.8 Å². The predicted molar refractivity (Wildman–Crippen MR) is 104 cm³/mol. The molecule has 0 radical (unpaired) electrons. The van der Waals surface area contributed by atoms with Crippen LogP contribution in [0.4, 0.5) is 10.5 Å². The van der Waals surface area contributed by atoms with Crippen LogP contribution in [0.3, 0.4) is 0 Å². The Labute approximate surface area is 158 Å². The Hall–Kier alpha value is -1.73. The first-order valence-corrected chi connectivity index (χ1v) is 10.5. The summed E-state index contributed by atoms with van der Waals surface area (Å²) in [6.07, 6.45) is 3.71. The van der Waals surface area contributed by atoms with Gasteiger partial charge in [-0.15, -0.1) is 0 Å². The maximum absolute atomic E-state index is 12.1. The largest absolute Gasteiger partial charge is 0.368 e. The van der Waals surface area contributed by atoms with Crippen molar-refractivity contribution in [3.8, 4) is 0 Å². The summed E-state index contributed by atoms with van der Waals surface area (Å²) in [5, 5.41) is 8.73. The minimum absolute atomic E-state index is 0.101. The molecule has 1 atom stereocenters. The lowest BCUT2D eigenvalue weighted by Crippen LogP contribution is -2.38. The van der Waals surface area contributed by atoms with Gasteiger partial charge in [-0.25, -0.2) is 4.79 Å². The molecule has 0 saturated carbocycles. The van der Waals surface area contributed by atoms with Crippen LogP contribution in [0.5, 0.6) is 0 Å². The Morgan fingerprint density at radius 2 is 2.00 bits per heavy atom. The highest BCUT2D eigenvalue weighted by Gasteiger charge is 2.23. The van der Waals surface area contributed by atoms with Gasteiger partial charge in [0.25, 0.3) is 5.91 Å². The third kappa shape index (κ3) is 5.92. The molecule has 2 aliphatic rings. The van der Waals surface area contributed by atoms with Crippen LogP contribution in [-0.4, -0.2) is 42.7 Å². The van der Waals surface area contributed by atoms with Crippen LogP contribution in [0.2, 0.25) is 0 Å². The summed E-state index contributed by atoms with van der Waals surface area (Å²) in [6, 6.07) is 7.39. The molecule has 142 valence electrons. The Kier molecular flexibility index (Phi) is 7.20. The van der Waals surface area contributed by atoms with Crippen molar-refractivity contribution in [2.24, 2.45) is 5.92 Å². The number of amides is 3. The van der Waals surface area contributed by atoms with Crippen molar-refractivity contribution in [3.05, 3.63) is 29.8 Å². The third-order valence-corrected chi connectivity index (χ3v) is 5.81. The molecule has 0 bridgehead atoms. The molecule has 0 spiro atoms. The molecule has 2 saturated heterocycles. The number of carbonyl (C=O) groups excluding carboxylic acids is 2. The second-order valence-corrected chi connectivity index (χ2v) is 8.04. The number of hydrogen-bond donors (Lipinski definition) is 3. The van der Waals surface area contributed by atoms with E-state index in [2.05, 4.69) is 16.0 Å². The van der Waals surface area contributed by atoms with Crippen LogP contribution >= 0.6 is 11.8 Å². The molecule has 0 aliphatic carbocycles. The summed E-state index contributed by atoms with van der Waals surface area (Å²) in [7, 11) is 0. The van der Waals surface area contributed by atoms with E-state index >= 15 is 0 Å². The molecule has 0 aromatic heterocycles. The zero-order valence-electron chi connectivity index (χ0n) is 15.0. The zero-order chi connectivity index (χ0) is 18.2. The van der Waals surface area contributed by atoms with Crippen molar-refractivity contribution in [3.63, 3.8) is 0 Å². The van der Waals surface area contributed by atoms with Crippen molar-refractivity contribution in [2.75, 3.05) is 30.0 Å². The Morgan fingerprint density at radius 3 is 2.77 bits per heavy atom. The first-order valence-electron chi connectivity index (χ1n) is 9.31. The highest BCUT2D eigenvalue weighted by Crippen LogP contribution is 2.21. The fourth-order valence-electron chi connectivity index (χ4n) is 3.20. The average molecular weight is 378 g/mol. The Bertz CT molecular complexity index is 614. The smallest absolute Gasteiger partial charge is 0.315 e. The SMILES string of the molecule is O=C(NCc1cccc(NC(=O)[C@H]2CCCO2)c1)NCC1CCSCC1. The molecule has 3 N–H and O–H groups in total. The fraction of sp³-hybridized carbons (Fsp3) is 0.579. The topological polar surface area (TPSA) is 79.5 Å². The van der Waals surface area contributed by atoms with Crippen LogP contribution in [0, 0.1) is 5.92 Å². The van der Waals surface area contributed by atoms with E-state index < -0.39 is 0 Å². The number of benzene rings is 1. The zero-order valence-corrected chi connectivity index (χ0v) is 15.8. The van der Waals surface area contributed by atoms with Gasteiger partial charge in [0, 0.05) is 25.4 Å². The van der Waals surface area contributed by atoms with E-state index in [1.54, 1.807) is 0 Å². The lowest BCUT2D eigenvalue weighted by Gasteiger charge is -2.21. The van der Waals surface area contributed by atoms with E-state index in [0.717, 1.165) is 30.6 Å². The van der Waals surface area contributed by atoms with E-state index in [4.69, 9.17) is 4.74 Å². The molecule has 2 fully saturated rings. The normalized spacial score (nSPS) is 20.5. The minimum Gasteiger partial charge on any atom is -0.368 e. The number of anilines is 1. The van der Waals surface area contributed by atoms with Gasteiger partial charge in [0.2, 0.25) is 0 Å². The van der Waals surface area contributed by atoms with E-state index in [1.165, 1.54) is 24.3 Å². The molecule has 0 unspecified atom stereocenters. The van der Waals surface area contributed by atoms with E-state index in [9.17, 15) is 9.59 Å². The van der Waals surface area contributed by atoms with Crippen molar-refractivity contribution in [1.29, 1.82) is 0 Å². The molecule has 3 amide bonds. The lowest BCUT2D eigenvalue weighted by molar-refractivity contribution is -0.124. The van der Waals surface area contributed by atoms with Gasteiger partial charge in [-0.05, 0) is 60.8 Å². The molecule has 1 aromatic rings. The number of ether oxygens (including phenoxy) is 1. The molecular formula is C19H27N3O3S. The molecule has 3 rings (SSSR count). The predicted octanol–water partition coefficient (Wildman–Crippen LogP) is 2.75. The van der Waals surface area contributed by atoms with Gasteiger partial charge in [-0.3, -0.25) is 4.79 Å². The summed E-state index contributed by atoms with van der Waals surface area (Å²) in [4.78, 5) is 24.1. The first kappa shape index (κ1) is 19.0. The highest BCUT2D eigenvalue weighted by molar-refractivity contribution is 7.99. The molecule has 7 heteroatoms. The number of urea groups is 1. The quantitative estimate of drug-likeness (QED) is 0.712. The molecular weight excluding hydrogens is 350 g/mol. The van der Waals surface area contributed by atoms with Crippen LogP contribution in [0.15, 0.2) is 24.3 Å². The van der Waals surface area contributed by atoms with E-state index in [0.29, 0.717) is 19.1 Å². The summed E-state index contributed by atoms with van der Waals surface area (Å²) >= 11 is 1.99. The number of nitrogens with one attached hydrogen (secondary N) is 3. The highest BCUT2D eigenvalue weighted by atomic mass is 32.2. The van der Waals surface area contributed by atoms with Crippen LogP contribution in [0.25, 0.3) is 0 Å². The van der Waals surface area contributed by atoms with E-state index in [1.807, 2.05) is 36.0 Å². The van der Waals surface area contributed by atoms with Gasteiger partial charge in [0.05, 0.1) is 0 Å². The summed E-state index contributed by atoms with van der Waals surface area (Å²) in [5.74, 6) is 2.88. The molecule has 2 aliphatic heterocycles. The monoisotopic (exact) mass is 377 g/mol. The van der Waals surface area contributed by atoms with Gasteiger partial charge in [0.15, 0.2) is 0 Å². The van der Waals surface area contributed by atoms with Gasteiger partial charge in [0.1, 0.15) is 6.10 Å². The van der Waals surface area contributed by atoms with Crippen molar-refractivity contribution >= 4 is 29.4 Å². The second-order valence-electron chi connectivity index (χ2n) is 6.81. The maximum atomic E-state index is 12.1. The van der Waals surface area contributed by atoms with Gasteiger partial charge in [-0.1, -0.05) is 12.1 Å². The standard InChI is InChI=1S/C19H27N3O3S/c23-18(17-5-2-8-25-17)22-16-4-1-3-15(11-16)13-21-19(24)20-12-14-6-9-26-10-7-14/h1,3-4,11,14,17H,2,5-10,12-13H2,(H,22,23)(H2,20,21,24)/t17-/m1/s1. The first-order chi connectivity index (χ1) is 12.7. The van der Waals surface area contributed by atoms with Gasteiger partial charge < -0.3 is 20.7 Å². The number of hydrogen-bond acceptors (Lipinski definition) is 4. The molecule has 26 heavy (non-hydrogen) atoms. The maximum Gasteiger partial charge on any atom is 0.315 e. The Morgan fingerprint density at radius 1 is 1.15 bits per heavy atom. The number of rotatable bonds is 6. The molecule has 6 nitrogen and oxygen atoms in total. The summed E-state index contributed by atoms with van der Waals surface area (Å²) in [5.41, 5.74) is 1.67. The van der Waals surface area contributed by atoms with Crippen molar-refractivity contribution < 1.29 is 14.3 Å². The number of thioether (sulfide) groups is 1. The number of carbonyl (C=O) groups is 2. The van der Waals surface area contributed by atoms with Crippen LogP contribution in [0.1, 0.15) is 31.2 Å². The van der Waals surface area contributed by atoms with Crippen LogP contribution in [-0.2, 0) is 16.1 Å². The lowest BCUT2D eigenvalue weighted by atomic mass is 10.0. The molecule has 1 aromatic carbocycles. The van der Waals surface area contributed by atoms with Crippen LogP contribution < -0.4 is 16.0 Å².